The number of hydrogen-bond acceptors (Lipinski definition) is 3. The minimum atomic E-state index is -0.214. The Bertz CT molecular complexity index is 854. The maximum absolute atomic E-state index is 12.9. The van der Waals surface area contributed by atoms with E-state index in [1.165, 1.54) is 24.8 Å². The van der Waals surface area contributed by atoms with E-state index in [9.17, 15) is 9.59 Å². The van der Waals surface area contributed by atoms with Crippen LogP contribution in [-0.4, -0.2) is 33.0 Å². The van der Waals surface area contributed by atoms with Crippen LogP contribution >= 0.6 is 0 Å². The zero-order valence-electron chi connectivity index (χ0n) is 16.4. The van der Waals surface area contributed by atoms with Crippen LogP contribution in [0.25, 0.3) is 0 Å². The average Bonchev–Trinajstić information content (AvgIpc) is 3.16. The van der Waals surface area contributed by atoms with Gasteiger partial charge in [-0.2, -0.15) is 5.10 Å². The Morgan fingerprint density at radius 1 is 1.14 bits per heavy atom. The highest BCUT2D eigenvalue weighted by molar-refractivity contribution is 5.91. The maximum atomic E-state index is 12.9. The van der Waals surface area contributed by atoms with Crippen molar-refractivity contribution in [3.63, 3.8) is 0 Å². The predicted molar refractivity (Wildman–Crippen MR) is 108 cm³/mol. The molecule has 0 saturated heterocycles. The second kappa shape index (κ2) is 8.17. The van der Waals surface area contributed by atoms with Gasteiger partial charge in [-0.3, -0.25) is 9.59 Å². The summed E-state index contributed by atoms with van der Waals surface area (Å²) in [4.78, 5) is 26.9. The zero-order chi connectivity index (χ0) is 19.5. The first-order valence-electron chi connectivity index (χ1n) is 10.3. The molecule has 28 heavy (non-hydrogen) atoms. The van der Waals surface area contributed by atoms with Gasteiger partial charge in [0, 0.05) is 19.5 Å². The number of rotatable bonds is 4. The highest BCUT2D eigenvalue weighted by atomic mass is 16.2. The fraction of sp³-hybridized carbons (Fsp3) is 0.500. The second-order valence-electron chi connectivity index (χ2n) is 7.88. The lowest BCUT2D eigenvalue weighted by atomic mass is 9.90. The van der Waals surface area contributed by atoms with Crippen LogP contribution in [0.3, 0.4) is 0 Å². The van der Waals surface area contributed by atoms with Crippen molar-refractivity contribution in [2.45, 2.75) is 64.0 Å². The number of carbonyl (C=O) groups excluding carboxylic acids is 2. The van der Waals surface area contributed by atoms with Gasteiger partial charge < -0.3 is 10.2 Å². The van der Waals surface area contributed by atoms with Crippen LogP contribution in [0.1, 0.15) is 68.7 Å². The summed E-state index contributed by atoms with van der Waals surface area (Å²) in [6.45, 7) is 2.24. The van der Waals surface area contributed by atoms with Gasteiger partial charge in [0.05, 0.1) is 24.7 Å². The first kappa shape index (κ1) is 18.7. The summed E-state index contributed by atoms with van der Waals surface area (Å²) in [7, 11) is 0. The van der Waals surface area contributed by atoms with Gasteiger partial charge in [0.1, 0.15) is 5.82 Å². The lowest BCUT2D eigenvalue weighted by molar-refractivity contribution is -0.132. The standard InChI is InChI=1S/C22H28N4O2/c1-16(27)25-14-12-17-7-5-6-10-19(17)20(25)15-22(28)24-21-11-13-23-26(21)18-8-3-2-4-9-18/h5-7,10-11,13,18,20H,2-4,8-9,12,14-15H2,1H3,(H,24,28). The normalized spacial score (nSPS) is 19.9. The van der Waals surface area contributed by atoms with Gasteiger partial charge in [-0.1, -0.05) is 43.5 Å². The van der Waals surface area contributed by atoms with Crippen LogP contribution in [0.5, 0.6) is 0 Å². The molecule has 1 aromatic carbocycles. The minimum Gasteiger partial charge on any atom is -0.335 e. The Balaban J connectivity index is 1.50. The Morgan fingerprint density at radius 3 is 2.71 bits per heavy atom. The number of nitrogens with one attached hydrogen (secondary N) is 1. The topological polar surface area (TPSA) is 67.2 Å². The van der Waals surface area contributed by atoms with Crippen molar-refractivity contribution in [2.24, 2.45) is 0 Å². The highest BCUT2D eigenvalue weighted by Crippen LogP contribution is 2.33. The molecule has 2 aromatic rings. The fourth-order valence-electron chi connectivity index (χ4n) is 4.65. The number of anilines is 1. The van der Waals surface area contributed by atoms with Gasteiger partial charge in [0.2, 0.25) is 11.8 Å². The molecule has 2 heterocycles. The molecule has 4 rings (SSSR count). The smallest absolute Gasteiger partial charge is 0.227 e. The van der Waals surface area contributed by atoms with Gasteiger partial charge in [0.15, 0.2) is 0 Å². The third-order valence-corrected chi connectivity index (χ3v) is 6.05. The van der Waals surface area contributed by atoms with Crippen LogP contribution in [0, 0.1) is 0 Å². The third-order valence-electron chi connectivity index (χ3n) is 6.05. The Kier molecular flexibility index (Phi) is 5.46. The molecule has 1 N–H and O–H groups in total. The molecule has 2 amide bonds. The summed E-state index contributed by atoms with van der Waals surface area (Å²) < 4.78 is 1.97. The molecule has 148 valence electrons. The molecular weight excluding hydrogens is 352 g/mol. The number of hydrogen-bond donors (Lipinski definition) is 1. The van der Waals surface area contributed by atoms with Gasteiger partial charge in [-0.05, 0) is 30.4 Å². The number of amides is 2. The number of nitrogens with zero attached hydrogens (tertiary/aromatic N) is 3. The molecule has 1 aliphatic carbocycles. The summed E-state index contributed by atoms with van der Waals surface area (Å²) in [5.74, 6) is 0.695. The second-order valence-corrected chi connectivity index (χ2v) is 7.88. The van der Waals surface area contributed by atoms with E-state index in [0.29, 0.717) is 12.6 Å². The molecule has 6 heteroatoms. The molecule has 0 radical (unpaired) electrons. The molecule has 2 aliphatic rings. The number of carbonyl (C=O) groups is 2. The van der Waals surface area contributed by atoms with Crippen LogP contribution in [-0.2, 0) is 16.0 Å². The van der Waals surface area contributed by atoms with Crippen LogP contribution in [0.2, 0.25) is 0 Å². The average molecular weight is 380 g/mol. The molecule has 1 fully saturated rings. The van der Waals surface area contributed by atoms with Crippen molar-refractivity contribution in [3.05, 3.63) is 47.7 Å². The SMILES string of the molecule is CC(=O)N1CCc2ccccc2C1CC(=O)Nc1ccnn1C1CCCCC1. The van der Waals surface area contributed by atoms with Crippen LogP contribution in [0.15, 0.2) is 36.5 Å². The lowest BCUT2D eigenvalue weighted by Gasteiger charge is -2.36. The molecule has 1 aliphatic heterocycles. The zero-order valence-corrected chi connectivity index (χ0v) is 16.4. The van der Waals surface area contributed by atoms with E-state index in [1.807, 2.05) is 33.8 Å². The van der Waals surface area contributed by atoms with E-state index >= 15 is 0 Å². The molecule has 0 spiro atoms. The number of benzene rings is 1. The first-order valence-corrected chi connectivity index (χ1v) is 10.3. The van der Waals surface area contributed by atoms with Gasteiger partial charge in [0.25, 0.3) is 0 Å². The van der Waals surface area contributed by atoms with Crippen molar-refractivity contribution in [1.29, 1.82) is 0 Å². The van der Waals surface area contributed by atoms with E-state index in [1.54, 1.807) is 13.1 Å². The van der Waals surface area contributed by atoms with Crippen molar-refractivity contribution in [1.82, 2.24) is 14.7 Å². The number of fused-ring (bicyclic) bond motifs is 1. The monoisotopic (exact) mass is 380 g/mol. The van der Waals surface area contributed by atoms with E-state index < -0.39 is 0 Å². The highest BCUT2D eigenvalue weighted by Gasteiger charge is 2.31. The van der Waals surface area contributed by atoms with Gasteiger partial charge in [-0.15, -0.1) is 0 Å². The lowest BCUT2D eigenvalue weighted by Crippen LogP contribution is -2.40. The van der Waals surface area contributed by atoms with Crippen LogP contribution in [0.4, 0.5) is 5.82 Å². The quantitative estimate of drug-likeness (QED) is 0.876. The van der Waals surface area contributed by atoms with E-state index in [0.717, 1.165) is 30.6 Å². The van der Waals surface area contributed by atoms with E-state index in [4.69, 9.17) is 0 Å². The molecule has 1 aromatic heterocycles. The molecule has 6 nitrogen and oxygen atoms in total. The largest absolute Gasteiger partial charge is 0.335 e. The van der Waals surface area contributed by atoms with Crippen molar-refractivity contribution >= 4 is 17.6 Å². The van der Waals surface area contributed by atoms with Crippen molar-refractivity contribution < 1.29 is 9.59 Å². The van der Waals surface area contributed by atoms with Crippen molar-refractivity contribution in [3.8, 4) is 0 Å². The maximum Gasteiger partial charge on any atom is 0.227 e. The van der Waals surface area contributed by atoms with Gasteiger partial charge in [-0.25, -0.2) is 4.68 Å². The number of aromatic nitrogens is 2. The Morgan fingerprint density at radius 2 is 1.93 bits per heavy atom. The van der Waals surface area contributed by atoms with E-state index in [-0.39, 0.29) is 24.3 Å². The first-order chi connectivity index (χ1) is 13.6. The summed E-state index contributed by atoms with van der Waals surface area (Å²) in [6.07, 6.45) is 8.77. The third kappa shape index (κ3) is 3.81. The summed E-state index contributed by atoms with van der Waals surface area (Å²) in [5.41, 5.74) is 2.31. The summed E-state index contributed by atoms with van der Waals surface area (Å²) in [6, 6.07) is 10.1. The molecule has 0 bridgehead atoms. The van der Waals surface area contributed by atoms with E-state index in [2.05, 4.69) is 16.5 Å². The van der Waals surface area contributed by atoms with Gasteiger partial charge >= 0.3 is 0 Å². The van der Waals surface area contributed by atoms with Crippen molar-refractivity contribution in [2.75, 3.05) is 11.9 Å². The minimum absolute atomic E-state index is 0.0135. The molecule has 1 saturated carbocycles. The molecular formula is C22H28N4O2. The Hall–Kier alpha value is -2.63. The Labute approximate surface area is 165 Å². The predicted octanol–water partition coefficient (Wildman–Crippen LogP) is 3.86. The molecule has 1 unspecified atom stereocenters. The summed E-state index contributed by atoms with van der Waals surface area (Å²) >= 11 is 0. The van der Waals surface area contributed by atoms with Crippen LogP contribution < -0.4 is 5.32 Å². The molecule has 1 atom stereocenters. The summed E-state index contributed by atoms with van der Waals surface area (Å²) in [5, 5.41) is 7.51. The fourth-order valence-corrected chi connectivity index (χ4v) is 4.65.